The van der Waals surface area contributed by atoms with Crippen LogP contribution in [-0.2, 0) is 0 Å². The summed E-state index contributed by atoms with van der Waals surface area (Å²) >= 11 is 3.50. The molecule has 1 aromatic carbocycles. The molecule has 1 rings (SSSR count). The molecule has 1 unspecified atom stereocenters. The van der Waals surface area contributed by atoms with Gasteiger partial charge in [0.15, 0.2) is 0 Å². The summed E-state index contributed by atoms with van der Waals surface area (Å²) in [4.78, 5) is 0. The van der Waals surface area contributed by atoms with Gasteiger partial charge in [0, 0.05) is 16.1 Å². The Morgan fingerprint density at radius 1 is 1.53 bits per heavy atom. The summed E-state index contributed by atoms with van der Waals surface area (Å²) in [5.74, 6) is 0.913. The fourth-order valence-corrected chi connectivity index (χ4v) is 2.16. The van der Waals surface area contributed by atoms with E-state index in [0.29, 0.717) is 0 Å². The zero-order valence-electron chi connectivity index (χ0n) is 10.7. The van der Waals surface area contributed by atoms with Gasteiger partial charge in [0.2, 0.25) is 0 Å². The lowest BCUT2D eigenvalue weighted by atomic mass is 9.98. The van der Waals surface area contributed by atoms with Gasteiger partial charge in [-0.3, -0.25) is 0 Å². The van der Waals surface area contributed by atoms with Gasteiger partial charge in [-0.1, -0.05) is 35.0 Å². The van der Waals surface area contributed by atoms with Crippen LogP contribution in [0.25, 0.3) is 0 Å². The van der Waals surface area contributed by atoms with Gasteiger partial charge in [0.25, 0.3) is 0 Å². The molecule has 0 bridgehead atoms. The Morgan fingerprint density at radius 3 is 2.76 bits per heavy atom. The quantitative estimate of drug-likeness (QED) is 0.799. The van der Waals surface area contributed by atoms with Crippen molar-refractivity contribution < 1.29 is 4.74 Å². The summed E-state index contributed by atoms with van der Waals surface area (Å²) in [5, 5.41) is 3.32. The Balaban J connectivity index is 3.01. The molecule has 2 nitrogen and oxygen atoms in total. The first-order chi connectivity index (χ1) is 8.12. The zero-order valence-corrected chi connectivity index (χ0v) is 12.3. The molecule has 17 heavy (non-hydrogen) atoms. The van der Waals surface area contributed by atoms with Crippen LogP contribution in [0, 0.1) is 0 Å². The number of benzene rings is 1. The van der Waals surface area contributed by atoms with Crippen molar-refractivity contribution in [2.75, 3.05) is 14.2 Å². The SMILES string of the molecule is C=C(CC)CC(NC)c1cc(Br)ccc1OC. The fourth-order valence-electron chi connectivity index (χ4n) is 1.78. The van der Waals surface area contributed by atoms with Crippen LogP contribution in [0.1, 0.15) is 31.4 Å². The molecule has 0 fully saturated rings. The first-order valence-electron chi connectivity index (χ1n) is 5.79. The molecule has 0 aliphatic carbocycles. The molecule has 1 atom stereocenters. The summed E-state index contributed by atoms with van der Waals surface area (Å²) in [6, 6.07) is 6.32. The molecule has 0 heterocycles. The molecule has 0 saturated carbocycles. The number of methoxy groups -OCH3 is 1. The number of halogens is 1. The van der Waals surface area contributed by atoms with Crippen molar-refractivity contribution in [3.63, 3.8) is 0 Å². The Bertz CT molecular complexity index is 390. The van der Waals surface area contributed by atoms with Crippen molar-refractivity contribution in [2.24, 2.45) is 0 Å². The Hall–Kier alpha value is -0.800. The highest BCUT2D eigenvalue weighted by Crippen LogP contribution is 2.31. The van der Waals surface area contributed by atoms with Gasteiger partial charge in [-0.25, -0.2) is 0 Å². The van der Waals surface area contributed by atoms with E-state index >= 15 is 0 Å². The molecule has 0 amide bonds. The van der Waals surface area contributed by atoms with Gasteiger partial charge in [-0.05, 0) is 38.1 Å². The van der Waals surface area contributed by atoms with Gasteiger partial charge in [0.05, 0.1) is 7.11 Å². The summed E-state index contributed by atoms with van der Waals surface area (Å²) in [5.41, 5.74) is 2.41. The summed E-state index contributed by atoms with van der Waals surface area (Å²) in [6.45, 7) is 6.20. The monoisotopic (exact) mass is 297 g/mol. The van der Waals surface area contributed by atoms with Crippen LogP contribution in [0.5, 0.6) is 5.75 Å². The van der Waals surface area contributed by atoms with Crippen LogP contribution in [0.15, 0.2) is 34.8 Å². The third-order valence-electron chi connectivity index (χ3n) is 2.91. The molecule has 1 N–H and O–H groups in total. The highest BCUT2D eigenvalue weighted by Gasteiger charge is 2.15. The van der Waals surface area contributed by atoms with E-state index in [1.54, 1.807) is 7.11 Å². The molecule has 0 aliphatic heterocycles. The van der Waals surface area contributed by atoms with Crippen molar-refractivity contribution in [3.8, 4) is 5.75 Å². The molecular weight excluding hydrogens is 278 g/mol. The highest BCUT2D eigenvalue weighted by atomic mass is 79.9. The van der Waals surface area contributed by atoms with Crippen molar-refractivity contribution in [1.82, 2.24) is 5.32 Å². The minimum atomic E-state index is 0.245. The van der Waals surface area contributed by atoms with E-state index in [1.807, 2.05) is 19.2 Å². The van der Waals surface area contributed by atoms with E-state index in [-0.39, 0.29) is 6.04 Å². The minimum Gasteiger partial charge on any atom is -0.496 e. The minimum absolute atomic E-state index is 0.245. The third-order valence-corrected chi connectivity index (χ3v) is 3.40. The Morgan fingerprint density at radius 2 is 2.24 bits per heavy atom. The lowest BCUT2D eigenvalue weighted by Gasteiger charge is -2.20. The molecule has 1 aromatic rings. The Labute approximate surface area is 112 Å². The van der Waals surface area contributed by atoms with Crippen molar-refractivity contribution >= 4 is 15.9 Å². The average molecular weight is 298 g/mol. The number of rotatable bonds is 6. The predicted octanol–water partition coefficient (Wildman–Crippen LogP) is 4.07. The maximum Gasteiger partial charge on any atom is 0.123 e. The van der Waals surface area contributed by atoms with Gasteiger partial charge >= 0.3 is 0 Å². The first kappa shape index (κ1) is 14.3. The molecule has 94 valence electrons. The largest absolute Gasteiger partial charge is 0.496 e. The van der Waals surface area contributed by atoms with E-state index in [1.165, 1.54) is 11.1 Å². The molecule has 0 spiro atoms. The summed E-state index contributed by atoms with van der Waals surface area (Å²) < 4.78 is 6.47. The second kappa shape index (κ2) is 6.82. The van der Waals surface area contributed by atoms with Gasteiger partial charge in [-0.15, -0.1) is 0 Å². The Kier molecular flexibility index (Phi) is 5.72. The van der Waals surface area contributed by atoms with Crippen molar-refractivity contribution in [1.29, 1.82) is 0 Å². The van der Waals surface area contributed by atoms with Crippen LogP contribution in [0.3, 0.4) is 0 Å². The predicted molar refractivity (Wildman–Crippen MR) is 76.5 cm³/mol. The lowest BCUT2D eigenvalue weighted by Crippen LogP contribution is -2.17. The molecule has 0 saturated heterocycles. The topological polar surface area (TPSA) is 21.3 Å². The van der Waals surface area contributed by atoms with E-state index in [0.717, 1.165) is 23.1 Å². The van der Waals surface area contributed by atoms with Crippen LogP contribution in [-0.4, -0.2) is 14.2 Å². The molecule has 0 aromatic heterocycles. The van der Waals surface area contributed by atoms with E-state index in [2.05, 4.69) is 40.8 Å². The van der Waals surface area contributed by atoms with E-state index in [9.17, 15) is 0 Å². The maximum atomic E-state index is 5.41. The summed E-state index contributed by atoms with van der Waals surface area (Å²) in [6.07, 6.45) is 1.94. The third kappa shape index (κ3) is 3.86. The second-order valence-corrected chi connectivity index (χ2v) is 4.95. The number of nitrogens with one attached hydrogen (secondary N) is 1. The fraction of sp³-hybridized carbons (Fsp3) is 0.429. The van der Waals surface area contributed by atoms with Crippen molar-refractivity contribution in [2.45, 2.75) is 25.8 Å². The second-order valence-electron chi connectivity index (χ2n) is 4.04. The lowest BCUT2D eigenvalue weighted by molar-refractivity contribution is 0.401. The van der Waals surface area contributed by atoms with Crippen molar-refractivity contribution in [3.05, 3.63) is 40.4 Å². The number of hydrogen-bond acceptors (Lipinski definition) is 2. The normalized spacial score (nSPS) is 12.2. The molecular formula is C14H20BrNO. The number of hydrogen-bond donors (Lipinski definition) is 1. The molecule has 0 radical (unpaired) electrons. The van der Waals surface area contributed by atoms with E-state index < -0.39 is 0 Å². The van der Waals surface area contributed by atoms with Gasteiger partial charge < -0.3 is 10.1 Å². The molecule has 3 heteroatoms. The van der Waals surface area contributed by atoms with Crippen LogP contribution < -0.4 is 10.1 Å². The first-order valence-corrected chi connectivity index (χ1v) is 6.59. The highest BCUT2D eigenvalue weighted by molar-refractivity contribution is 9.10. The zero-order chi connectivity index (χ0) is 12.8. The van der Waals surface area contributed by atoms with Gasteiger partial charge in [-0.2, -0.15) is 0 Å². The maximum absolute atomic E-state index is 5.41. The van der Waals surface area contributed by atoms with E-state index in [4.69, 9.17) is 4.74 Å². The number of ether oxygens (including phenoxy) is 1. The van der Waals surface area contributed by atoms with Gasteiger partial charge in [0.1, 0.15) is 5.75 Å². The van der Waals surface area contributed by atoms with Crippen LogP contribution in [0.2, 0.25) is 0 Å². The smallest absolute Gasteiger partial charge is 0.123 e. The standard InChI is InChI=1S/C14H20BrNO/c1-5-10(2)8-13(16-3)12-9-11(15)6-7-14(12)17-4/h6-7,9,13,16H,2,5,8H2,1,3-4H3. The van der Waals surface area contributed by atoms with Crippen LogP contribution in [0.4, 0.5) is 0 Å². The summed E-state index contributed by atoms with van der Waals surface area (Å²) in [7, 11) is 3.67. The van der Waals surface area contributed by atoms with Crippen LogP contribution >= 0.6 is 15.9 Å². The molecule has 0 aliphatic rings. The average Bonchev–Trinajstić information content (AvgIpc) is 2.35.